The van der Waals surface area contributed by atoms with Crippen LogP contribution in [0, 0.1) is 0 Å². The van der Waals surface area contributed by atoms with E-state index in [2.05, 4.69) is 15.3 Å². The number of rotatable bonds is 9. The minimum absolute atomic E-state index is 0.0702. The molecule has 1 aromatic heterocycles. The average molecular weight is 342 g/mol. The van der Waals surface area contributed by atoms with Crippen molar-refractivity contribution in [2.24, 2.45) is 0 Å². The van der Waals surface area contributed by atoms with Gasteiger partial charge in [0.25, 0.3) is 5.91 Å². The SMILES string of the molecule is COCCCNc1cc(C(=O)N(Cc2ccccc2)C(C)C)ncn1. The Balaban J connectivity index is 2.08. The number of hydrogen-bond donors (Lipinski definition) is 1. The molecule has 0 unspecified atom stereocenters. The fourth-order valence-corrected chi connectivity index (χ4v) is 2.42. The highest BCUT2D eigenvalue weighted by Crippen LogP contribution is 2.13. The van der Waals surface area contributed by atoms with Gasteiger partial charge in [-0.3, -0.25) is 4.79 Å². The summed E-state index contributed by atoms with van der Waals surface area (Å²) in [5, 5.41) is 3.19. The second-order valence-electron chi connectivity index (χ2n) is 6.07. The number of amides is 1. The maximum absolute atomic E-state index is 12.9. The quantitative estimate of drug-likeness (QED) is 0.710. The van der Waals surface area contributed by atoms with Crippen molar-refractivity contribution in [3.8, 4) is 0 Å². The van der Waals surface area contributed by atoms with Gasteiger partial charge in [-0.1, -0.05) is 30.3 Å². The van der Waals surface area contributed by atoms with Crippen LogP contribution in [0.1, 0.15) is 36.3 Å². The molecule has 0 atom stereocenters. The highest BCUT2D eigenvalue weighted by atomic mass is 16.5. The normalized spacial score (nSPS) is 10.7. The van der Waals surface area contributed by atoms with E-state index in [1.807, 2.05) is 49.1 Å². The summed E-state index contributed by atoms with van der Waals surface area (Å²) in [5.41, 5.74) is 1.49. The standard InChI is InChI=1S/C19H26N4O2/c1-15(2)23(13-16-8-5-4-6-9-16)19(24)17-12-18(22-14-21-17)20-10-7-11-25-3/h4-6,8-9,12,14-15H,7,10-11,13H2,1-3H3,(H,20,21,22). The molecule has 0 saturated carbocycles. The number of aromatic nitrogens is 2. The minimum atomic E-state index is -0.0961. The summed E-state index contributed by atoms with van der Waals surface area (Å²) in [4.78, 5) is 23.1. The van der Waals surface area contributed by atoms with Crippen LogP contribution < -0.4 is 5.32 Å². The second-order valence-corrected chi connectivity index (χ2v) is 6.07. The molecule has 2 aromatic rings. The lowest BCUT2D eigenvalue weighted by Crippen LogP contribution is -2.37. The van der Waals surface area contributed by atoms with Gasteiger partial charge in [-0.2, -0.15) is 0 Å². The zero-order valence-corrected chi connectivity index (χ0v) is 15.1. The number of benzene rings is 1. The van der Waals surface area contributed by atoms with Crippen LogP contribution in [0.2, 0.25) is 0 Å². The topological polar surface area (TPSA) is 67.3 Å². The minimum Gasteiger partial charge on any atom is -0.385 e. The Hall–Kier alpha value is -2.47. The van der Waals surface area contributed by atoms with Crippen LogP contribution in [-0.2, 0) is 11.3 Å². The first-order valence-corrected chi connectivity index (χ1v) is 8.51. The predicted molar refractivity (Wildman–Crippen MR) is 98.5 cm³/mol. The number of methoxy groups -OCH3 is 1. The van der Waals surface area contributed by atoms with Crippen LogP contribution in [-0.4, -0.2) is 47.1 Å². The fraction of sp³-hybridized carbons (Fsp3) is 0.421. The van der Waals surface area contributed by atoms with Crippen molar-refractivity contribution in [3.63, 3.8) is 0 Å². The van der Waals surface area contributed by atoms with E-state index in [4.69, 9.17) is 4.74 Å². The van der Waals surface area contributed by atoms with Crippen molar-refractivity contribution in [2.45, 2.75) is 32.9 Å². The summed E-state index contributed by atoms with van der Waals surface area (Å²) in [6.45, 7) is 5.98. The first-order valence-electron chi connectivity index (χ1n) is 8.51. The summed E-state index contributed by atoms with van der Waals surface area (Å²) in [7, 11) is 1.68. The number of nitrogens with zero attached hydrogens (tertiary/aromatic N) is 3. The summed E-state index contributed by atoms with van der Waals surface area (Å²) < 4.78 is 5.02. The Bertz CT molecular complexity index is 661. The molecule has 0 spiro atoms. The van der Waals surface area contributed by atoms with Gasteiger partial charge in [-0.15, -0.1) is 0 Å². The molecule has 0 saturated heterocycles. The Morgan fingerprint density at radius 2 is 2.00 bits per heavy atom. The van der Waals surface area contributed by atoms with E-state index in [1.165, 1.54) is 6.33 Å². The van der Waals surface area contributed by atoms with Crippen LogP contribution in [0.25, 0.3) is 0 Å². The third-order valence-electron chi connectivity index (χ3n) is 3.80. The average Bonchev–Trinajstić information content (AvgIpc) is 2.63. The molecule has 6 nitrogen and oxygen atoms in total. The smallest absolute Gasteiger partial charge is 0.273 e. The molecule has 0 bridgehead atoms. The molecule has 6 heteroatoms. The largest absolute Gasteiger partial charge is 0.385 e. The summed E-state index contributed by atoms with van der Waals surface area (Å²) >= 11 is 0. The number of hydrogen-bond acceptors (Lipinski definition) is 5. The lowest BCUT2D eigenvalue weighted by atomic mass is 10.1. The van der Waals surface area contributed by atoms with Crippen LogP contribution >= 0.6 is 0 Å². The van der Waals surface area contributed by atoms with E-state index in [0.717, 1.165) is 18.5 Å². The van der Waals surface area contributed by atoms with Gasteiger partial charge in [0.1, 0.15) is 17.8 Å². The van der Waals surface area contributed by atoms with Crippen molar-refractivity contribution < 1.29 is 9.53 Å². The summed E-state index contributed by atoms with van der Waals surface area (Å²) in [6, 6.07) is 11.7. The third-order valence-corrected chi connectivity index (χ3v) is 3.80. The molecule has 1 aromatic carbocycles. The molecule has 0 fully saturated rings. The Labute approximate surface area is 149 Å². The predicted octanol–water partition coefficient (Wildman–Crippen LogP) is 2.98. The number of anilines is 1. The molecular weight excluding hydrogens is 316 g/mol. The first-order chi connectivity index (χ1) is 12.1. The molecule has 25 heavy (non-hydrogen) atoms. The monoisotopic (exact) mass is 342 g/mol. The molecule has 1 amide bonds. The van der Waals surface area contributed by atoms with Gasteiger partial charge in [0.15, 0.2) is 0 Å². The van der Waals surface area contributed by atoms with Crippen molar-refractivity contribution in [3.05, 3.63) is 54.0 Å². The first kappa shape index (κ1) is 18.9. The van der Waals surface area contributed by atoms with Gasteiger partial charge in [0.2, 0.25) is 0 Å². The maximum Gasteiger partial charge on any atom is 0.273 e. The van der Waals surface area contributed by atoms with Crippen molar-refractivity contribution in [1.29, 1.82) is 0 Å². The maximum atomic E-state index is 12.9. The van der Waals surface area contributed by atoms with Crippen LogP contribution in [0.3, 0.4) is 0 Å². The third kappa shape index (κ3) is 5.83. The van der Waals surface area contributed by atoms with Crippen LogP contribution in [0.15, 0.2) is 42.7 Å². The van der Waals surface area contributed by atoms with E-state index in [1.54, 1.807) is 13.2 Å². The van der Waals surface area contributed by atoms with Gasteiger partial charge in [0.05, 0.1) is 0 Å². The summed E-state index contributed by atoms with van der Waals surface area (Å²) in [5.74, 6) is 0.555. The van der Waals surface area contributed by atoms with E-state index >= 15 is 0 Å². The van der Waals surface area contributed by atoms with Crippen molar-refractivity contribution in [2.75, 3.05) is 25.6 Å². The Morgan fingerprint density at radius 1 is 1.24 bits per heavy atom. The fourth-order valence-electron chi connectivity index (χ4n) is 2.42. The number of nitrogens with one attached hydrogen (secondary N) is 1. The Morgan fingerprint density at radius 3 is 2.68 bits per heavy atom. The summed E-state index contributed by atoms with van der Waals surface area (Å²) in [6.07, 6.45) is 2.29. The van der Waals surface area contributed by atoms with E-state index < -0.39 is 0 Å². The van der Waals surface area contributed by atoms with Crippen LogP contribution in [0.5, 0.6) is 0 Å². The molecule has 0 aliphatic heterocycles. The molecule has 1 heterocycles. The van der Waals surface area contributed by atoms with Gasteiger partial charge < -0.3 is 15.0 Å². The molecule has 1 N–H and O–H groups in total. The number of carbonyl (C=O) groups excluding carboxylic acids is 1. The number of carbonyl (C=O) groups is 1. The number of ether oxygens (including phenoxy) is 1. The highest BCUT2D eigenvalue weighted by molar-refractivity contribution is 5.93. The van der Waals surface area contributed by atoms with Gasteiger partial charge >= 0.3 is 0 Å². The molecule has 0 aliphatic carbocycles. The van der Waals surface area contributed by atoms with Crippen molar-refractivity contribution in [1.82, 2.24) is 14.9 Å². The van der Waals surface area contributed by atoms with Gasteiger partial charge in [0, 0.05) is 38.9 Å². The van der Waals surface area contributed by atoms with E-state index in [0.29, 0.717) is 24.7 Å². The lowest BCUT2D eigenvalue weighted by molar-refractivity contribution is 0.0684. The highest BCUT2D eigenvalue weighted by Gasteiger charge is 2.20. The van der Waals surface area contributed by atoms with E-state index in [9.17, 15) is 4.79 Å². The molecule has 2 rings (SSSR count). The zero-order chi connectivity index (χ0) is 18.1. The molecule has 0 aliphatic rings. The second kappa shape index (κ2) is 9.74. The molecule has 0 radical (unpaired) electrons. The molecular formula is C19H26N4O2. The van der Waals surface area contributed by atoms with Crippen LogP contribution in [0.4, 0.5) is 5.82 Å². The van der Waals surface area contributed by atoms with E-state index in [-0.39, 0.29) is 11.9 Å². The zero-order valence-electron chi connectivity index (χ0n) is 15.1. The van der Waals surface area contributed by atoms with Gasteiger partial charge in [-0.25, -0.2) is 9.97 Å². The lowest BCUT2D eigenvalue weighted by Gasteiger charge is -2.26. The van der Waals surface area contributed by atoms with Crippen molar-refractivity contribution >= 4 is 11.7 Å². The molecule has 134 valence electrons. The Kier molecular flexibility index (Phi) is 7.35. The van der Waals surface area contributed by atoms with Gasteiger partial charge in [-0.05, 0) is 25.8 Å².